The Hall–Kier alpha value is -2.46. The SMILES string of the molecule is CSc1c(NC(=O)c2ccc(C#N)nc2)cccc1C(C)(F)F. The van der Waals surface area contributed by atoms with Crippen LogP contribution in [0.25, 0.3) is 0 Å². The minimum Gasteiger partial charge on any atom is -0.321 e. The highest BCUT2D eigenvalue weighted by Crippen LogP contribution is 2.38. The van der Waals surface area contributed by atoms with Gasteiger partial charge >= 0.3 is 0 Å². The molecule has 1 heterocycles. The normalized spacial score (nSPS) is 10.9. The fraction of sp³-hybridized carbons (Fsp3) is 0.188. The molecule has 23 heavy (non-hydrogen) atoms. The van der Waals surface area contributed by atoms with Gasteiger partial charge in [0.05, 0.1) is 11.3 Å². The van der Waals surface area contributed by atoms with Crippen LogP contribution in [0.5, 0.6) is 0 Å². The zero-order valence-corrected chi connectivity index (χ0v) is 13.2. The Morgan fingerprint density at radius 1 is 1.35 bits per heavy atom. The lowest BCUT2D eigenvalue weighted by atomic mass is 10.1. The van der Waals surface area contributed by atoms with Gasteiger partial charge in [0.1, 0.15) is 11.8 Å². The predicted molar refractivity (Wildman–Crippen MR) is 84.7 cm³/mol. The molecule has 1 aromatic heterocycles. The summed E-state index contributed by atoms with van der Waals surface area (Å²) in [6.45, 7) is 0.818. The number of carbonyl (C=O) groups excluding carboxylic acids is 1. The lowest BCUT2D eigenvalue weighted by Gasteiger charge is -2.18. The fourth-order valence-corrected chi connectivity index (χ4v) is 2.80. The number of hydrogen-bond donors (Lipinski definition) is 1. The molecule has 0 unspecified atom stereocenters. The van der Waals surface area contributed by atoms with Crippen LogP contribution in [0.15, 0.2) is 41.4 Å². The molecule has 0 atom stereocenters. The molecule has 118 valence electrons. The van der Waals surface area contributed by atoms with Crippen LogP contribution in [0.1, 0.15) is 28.5 Å². The van der Waals surface area contributed by atoms with Gasteiger partial charge in [0, 0.05) is 23.6 Å². The molecule has 1 aromatic carbocycles. The van der Waals surface area contributed by atoms with Gasteiger partial charge in [-0.25, -0.2) is 13.8 Å². The van der Waals surface area contributed by atoms with E-state index in [1.807, 2.05) is 6.07 Å². The summed E-state index contributed by atoms with van der Waals surface area (Å²) in [5.74, 6) is -3.48. The van der Waals surface area contributed by atoms with E-state index in [0.29, 0.717) is 10.6 Å². The molecule has 7 heteroatoms. The van der Waals surface area contributed by atoms with E-state index < -0.39 is 11.8 Å². The summed E-state index contributed by atoms with van der Waals surface area (Å²) in [6, 6.07) is 9.10. The minimum absolute atomic E-state index is 0.138. The molecule has 0 aliphatic rings. The number of pyridine rings is 1. The Kier molecular flexibility index (Phi) is 4.96. The molecule has 0 bridgehead atoms. The summed E-state index contributed by atoms with van der Waals surface area (Å²) < 4.78 is 27.3. The van der Waals surface area contributed by atoms with Gasteiger partial charge in [-0.1, -0.05) is 12.1 Å². The number of benzene rings is 1. The van der Waals surface area contributed by atoms with Gasteiger partial charge < -0.3 is 5.32 Å². The Balaban J connectivity index is 2.32. The topological polar surface area (TPSA) is 65.8 Å². The van der Waals surface area contributed by atoms with Gasteiger partial charge in [-0.05, 0) is 24.5 Å². The van der Waals surface area contributed by atoms with Crippen molar-refractivity contribution in [1.29, 1.82) is 5.26 Å². The first kappa shape index (κ1) is 16.9. The van der Waals surface area contributed by atoms with Crippen LogP contribution in [0.3, 0.4) is 0 Å². The summed E-state index contributed by atoms with van der Waals surface area (Å²) >= 11 is 1.14. The van der Waals surface area contributed by atoms with Crippen molar-refractivity contribution in [2.75, 3.05) is 11.6 Å². The van der Waals surface area contributed by atoms with Crippen LogP contribution in [0.2, 0.25) is 0 Å². The zero-order valence-electron chi connectivity index (χ0n) is 12.4. The van der Waals surface area contributed by atoms with Crippen molar-refractivity contribution in [3.8, 4) is 6.07 Å². The first-order valence-corrected chi connectivity index (χ1v) is 7.82. The number of amides is 1. The third-order valence-corrected chi connectivity index (χ3v) is 3.93. The fourth-order valence-electron chi connectivity index (χ4n) is 1.99. The highest BCUT2D eigenvalue weighted by atomic mass is 32.2. The summed E-state index contributed by atoms with van der Waals surface area (Å²) in [4.78, 5) is 16.3. The van der Waals surface area contributed by atoms with E-state index in [2.05, 4.69) is 10.3 Å². The van der Waals surface area contributed by atoms with Crippen LogP contribution in [0, 0.1) is 11.3 Å². The monoisotopic (exact) mass is 333 g/mol. The molecule has 0 saturated carbocycles. The minimum atomic E-state index is -3.00. The number of alkyl halides is 2. The quantitative estimate of drug-likeness (QED) is 0.858. The number of halogens is 2. The van der Waals surface area contributed by atoms with Crippen LogP contribution in [-0.2, 0) is 5.92 Å². The second kappa shape index (κ2) is 6.75. The molecule has 4 nitrogen and oxygen atoms in total. The van der Waals surface area contributed by atoms with E-state index in [4.69, 9.17) is 5.26 Å². The van der Waals surface area contributed by atoms with Crippen LogP contribution >= 0.6 is 11.8 Å². The van der Waals surface area contributed by atoms with Gasteiger partial charge in [-0.15, -0.1) is 11.8 Å². The largest absolute Gasteiger partial charge is 0.321 e. The first-order chi connectivity index (χ1) is 10.9. The molecule has 2 rings (SSSR count). The van der Waals surface area contributed by atoms with Crippen molar-refractivity contribution >= 4 is 23.4 Å². The van der Waals surface area contributed by atoms with E-state index in [1.165, 1.54) is 30.5 Å². The van der Waals surface area contributed by atoms with Crippen LogP contribution in [-0.4, -0.2) is 17.1 Å². The van der Waals surface area contributed by atoms with Crippen molar-refractivity contribution in [2.45, 2.75) is 17.7 Å². The number of rotatable bonds is 4. The molecule has 0 radical (unpaired) electrons. The second-order valence-corrected chi connectivity index (χ2v) is 5.59. The number of nitriles is 1. The summed E-state index contributed by atoms with van der Waals surface area (Å²) in [7, 11) is 0. The molecular weight excluding hydrogens is 320 g/mol. The van der Waals surface area contributed by atoms with E-state index in [-0.39, 0.29) is 16.8 Å². The third kappa shape index (κ3) is 3.85. The van der Waals surface area contributed by atoms with Crippen LogP contribution in [0.4, 0.5) is 14.5 Å². The maximum atomic E-state index is 13.7. The molecular formula is C16H13F2N3OS. The summed E-state index contributed by atoms with van der Waals surface area (Å²) in [6.07, 6.45) is 2.94. The lowest BCUT2D eigenvalue weighted by molar-refractivity contribution is 0.0147. The van der Waals surface area contributed by atoms with Crippen molar-refractivity contribution in [2.24, 2.45) is 0 Å². The van der Waals surface area contributed by atoms with Crippen molar-refractivity contribution in [3.63, 3.8) is 0 Å². The number of carbonyl (C=O) groups is 1. The molecule has 1 amide bonds. The van der Waals surface area contributed by atoms with Gasteiger partial charge in [0.2, 0.25) is 0 Å². The van der Waals surface area contributed by atoms with Crippen molar-refractivity contribution in [3.05, 3.63) is 53.3 Å². The summed E-state index contributed by atoms with van der Waals surface area (Å²) in [5.41, 5.74) is 0.607. The predicted octanol–water partition coefficient (Wildman–Crippen LogP) is 4.04. The smallest absolute Gasteiger partial charge is 0.271 e. The van der Waals surface area contributed by atoms with Crippen LogP contribution < -0.4 is 5.32 Å². The molecule has 1 N–H and O–H groups in total. The van der Waals surface area contributed by atoms with E-state index >= 15 is 0 Å². The lowest BCUT2D eigenvalue weighted by Crippen LogP contribution is -2.15. The number of hydrogen-bond acceptors (Lipinski definition) is 4. The molecule has 0 fully saturated rings. The average molecular weight is 333 g/mol. The molecule has 0 saturated heterocycles. The third-order valence-electron chi connectivity index (χ3n) is 3.08. The number of thioether (sulfide) groups is 1. The second-order valence-electron chi connectivity index (χ2n) is 4.77. The Morgan fingerprint density at radius 3 is 2.61 bits per heavy atom. The number of nitrogens with zero attached hydrogens (tertiary/aromatic N) is 2. The maximum Gasteiger partial charge on any atom is 0.271 e. The highest BCUT2D eigenvalue weighted by molar-refractivity contribution is 7.98. The van der Waals surface area contributed by atoms with Gasteiger partial charge in [-0.3, -0.25) is 4.79 Å². The zero-order chi connectivity index (χ0) is 17.0. The maximum absolute atomic E-state index is 13.7. The van der Waals surface area contributed by atoms with Gasteiger partial charge in [0.25, 0.3) is 11.8 Å². The van der Waals surface area contributed by atoms with E-state index in [1.54, 1.807) is 12.3 Å². The van der Waals surface area contributed by atoms with Gasteiger partial charge in [-0.2, -0.15) is 5.26 Å². The Labute approximate surface area is 136 Å². The Morgan fingerprint density at radius 2 is 2.09 bits per heavy atom. The number of nitrogens with one attached hydrogen (secondary N) is 1. The van der Waals surface area contributed by atoms with E-state index in [0.717, 1.165) is 18.7 Å². The highest BCUT2D eigenvalue weighted by Gasteiger charge is 2.28. The number of aromatic nitrogens is 1. The van der Waals surface area contributed by atoms with Gasteiger partial charge in [0.15, 0.2) is 0 Å². The van der Waals surface area contributed by atoms with Crippen molar-refractivity contribution < 1.29 is 13.6 Å². The molecule has 2 aromatic rings. The number of anilines is 1. The summed E-state index contributed by atoms with van der Waals surface area (Å²) in [5, 5.41) is 11.3. The van der Waals surface area contributed by atoms with Crippen molar-refractivity contribution in [1.82, 2.24) is 4.98 Å². The molecule has 0 spiro atoms. The molecule has 0 aliphatic heterocycles. The first-order valence-electron chi connectivity index (χ1n) is 6.59. The molecule has 0 aliphatic carbocycles. The Bertz CT molecular complexity index is 764. The average Bonchev–Trinajstić information content (AvgIpc) is 2.53. The van der Waals surface area contributed by atoms with E-state index in [9.17, 15) is 13.6 Å². The standard InChI is InChI=1S/C16H13F2N3OS/c1-16(17,18)12-4-3-5-13(14(12)23-2)21-15(22)10-6-7-11(8-19)20-9-10/h3-7,9H,1-2H3,(H,21,22).